The fourth-order valence-electron chi connectivity index (χ4n) is 2.72. The molecule has 130 valence electrons. The van der Waals surface area contributed by atoms with Gasteiger partial charge in [-0.2, -0.15) is 0 Å². The van der Waals surface area contributed by atoms with Crippen LogP contribution in [0.5, 0.6) is 0 Å². The molecule has 2 amide bonds. The number of carbonyl (C=O) groups is 2. The summed E-state index contributed by atoms with van der Waals surface area (Å²) < 4.78 is 0. The summed E-state index contributed by atoms with van der Waals surface area (Å²) in [5.74, 6) is -0.849. The number of hydrogen-bond donors (Lipinski definition) is 1. The summed E-state index contributed by atoms with van der Waals surface area (Å²) in [5.41, 5.74) is 2.06. The van der Waals surface area contributed by atoms with Gasteiger partial charge in [-0.05, 0) is 36.8 Å². The van der Waals surface area contributed by atoms with E-state index in [2.05, 4.69) is 5.32 Å². The minimum absolute atomic E-state index is 0.114. The lowest BCUT2D eigenvalue weighted by atomic mass is 10.1. The lowest BCUT2D eigenvalue weighted by Crippen LogP contribution is -2.28. The average Bonchev–Trinajstić information content (AvgIpc) is 2.96. The summed E-state index contributed by atoms with van der Waals surface area (Å²) in [5, 5.41) is 3.97. The zero-order valence-electron chi connectivity index (χ0n) is 13.4. The molecular weight excluding hydrogens is 383 g/mol. The van der Waals surface area contributed by atoms with Gasteiger partial charge in [0.15, 0.2) is 0 Å². The van der Waals surface area contributed by atoms with Gasteiger partial charge < -0.3 is 10.2 Å². The SMILES string of the molecule is Cc1ccc(N2CC(C(=O)Nc3cccc(Cl)c3Cl)CC2=O)cc1Cl. The van der Waals surface area contributed by atoms with Gasteiger partial charge in [-0.3, -0.25) is 9.59 Å². The highest BCUT2D eigenvalue weighted by atomic mass is 35.5. The van der Waals surface area contributed by atoms with E-state index in [1.54, 1.807) is 29.2 Å². The molecular formula is C18H15Cl3N2O2. The third kappa shape index (κ3) is 3.76. The highest BCUT2D eigenvalue weighted by Gasteiger charge is 2.35. The molecule has 0 aliphatic carbocycles. The van der Waals surface area contributed by atoms with Gasteiger partial charge in [0.05, 0.1) is 21.7 Å². The number of rotatable bonds is 3. The zero-order valence-corrected chi connectivity index (χ0v) is 15.6. The fraction of sp³-hybridized carbons (Fsp3) is 0.222. The van der Waals surface area contributed by atoms with Crippen LogP contribution < -0.4 is 10.2 Å². The number of carbonyl (C=O) groups excluding carboxylic acids is 2. The topological polar surface area (TPSA) is 49.4 Å². The van der Waals surface area contributed by atoms with Crippen LogP contribution in [-0.2, 0) is 9.59 Å². The van der Waals surface area contributed by atoms with Crippen LogP contribution in [0.2, 0.25) is 15.1 Å². The summed E-state index contributed by atoms with van der Waals surface area (Å²) in [4.78, 5) is 26.4. The molecule has 0 saturated carbocycles. The zero-order chi connectivity index (χ0) is 18.1. The molecule has 0 radical (unpaired) electrons. The molecule has 0 spiro atoms. The molecule has 1 N–H and O–H groups in total. The van der Waals surface area contributed by atoms with Crippen molar-refractivity contribution in [2.45, 2.75) is 13.3 Å². The molecule has 7 heteroatoms. The third-order valence-corrected chi connectivity index (χ3v) is 5.40. The third-order valence-electron chi connectivity index (χ3n) is 4.17. The first-order valence-corrected chi connectivity index (χ1v) is 8.81. The van der Waals surface area contributed by atoms with Gasteiger partial charge >= 0.3 is 0 Å². The second-order valence-electron chi connectivity index (χ2n) is 5.93. The molecule has 1 unspecified atom stereocenters. The minimum Gasteiger partial charge on any atom is -0.324 e. The predicted octanol–water partition coefficient (Wildman–Crippen LogP) is 4.95. The van der Waals surface area contributed by atoms with E-state index in [1.807, 2.05) is 19.1 Å². The van der Waals surface area contributed by atoms with Gasteiger partial charge in [0.25, 0.3) is 0 Å². The van der Waals surface area contributed by atoms with E-state index in [1.165, 1.54) is 0 Å². The average molecular weight is 398 g/mol. The van der Waals surface area contributed by atoms with E-state index in [0.717, 1.165) is 5.56 Å². The van der Waals surface area contributed by atoms with E-state index in [0.29, 0.717) is 28.0 Å². The molecule has 1 aliphatic heterocycles. The van der Waals surface area contributed by atoms with Crippen molar-refractivity contribution in [1.82, 2.24) is 0 Å². The Hall–Kier alpha value is -1.75. The Morgan fingerprint density at radius 1 is 1.16 bits per heavy atom. The number of hydrogen-bond acceptors (Lipinski definition) is 2. The van der Waals surface area contributed by atoms with Crippen molar-refractivity contribution >= 4 is 58.0 Å². The molecule has 2 aromatic carbocycles. The number of aryl methyl sites for hydroxylation is 1. The number of nitrogens with zero attached hydrogens (tertiary/aromatic N) is 1. The van der Waals surface area contributed by atoms with Crippen LogP contribution in [0.4, 0.5) is 11.4 Å². The lowest BCUT2D eigenvalue weighted by molar-refractivity contribution is -0.122. The minimum atomic E-state index is -0.470. The number of amides is 2. The summed E-state index contributed by atoms with van der Waals surface area (Å²) >= 11 is 18.2. The van der Waals surface area contributed by atoms with E-state index in [9.17, 15) is 9.59 Å². The number of benzene rings is 2. The maximum atomic E-state index is 12.5. The van der Waals surface area contributed by atoms with Crippen LogP contribution in [0.1, 0.15) is 12.0 Å². The van der Waals surface area contributed by atoms with Crippen molar-refractivity contribution in [3.63, 3.8) is 0 Å². The van der Waals surface area contributed by atoms with Gasteiger partial charge in [-0.1, -0.05) is 46.9 Å². The molecule has 0 bridgehead atoms. The number of anilines is 2. The Morgan fingerprint density at radius 3 is 2.64 bits per heavy atom. The van der Waals surface area contributed by atoms with Crippen molar-refractivity contribution in [2.75, 3.05) is 16.8 Å². The van der Waals surface area contributed by atoms with Gasteiger partial charge in [0.2, 0.25) is 11.8 Å². The normalized spacial score (nSPS) is 17.0. The molecule has 1 heterocycles. The highest BCUT2D eigenvalue weighted by Crippen LogP contribution is 2.32. The Morgan fingerprint density at radius 2 is 1.92 bits per heavy atom. The van der Waals surface area contributed by atoms with Crippen molar-refractivity contribution in [2.24, 2.45) is 5.92 Å². The molecule has 2 aromatic rings. The standard InChI is InChI=1S/C18H15Cl3N2O2/c1-10-5-6-12(8-14(10)20)23-9-11(7-16(23)24)18(25)22-15-4-2-3-13(19)17(15)21/h2-6,8,11H,7,9H2,1H3,(H,22,25). The van der Waals surface area contributed by atoms with E-state index in [-0.39, 0.29) is 23.3 Å². The van der Waals surface area contributed by atoms with Crippen LogP contribution in [0.25, 0.3) is 0 Å². The van der Waals surface area contributed by atoms with Crippen LogP contribution in [0, 0.1) is 12.8 Å². The molecule has 1 atom stereocenters. The van der Waals surface area contributed by atoms with Crippen LogP contribution in [-0.4, -0.2) is 18.4 Å². The summed E-state index contributed by atoms with van der Waals surface area (Å²) in [6, 6.07) is 10.4. The van der Waals surface area contributed by atoms with Crippen molar-refractivity contribution in [3.05, 3.63) is 57.0 Å². The van der Waals surface area contributed by atoms with Gasteiger partial charge in [-0.25, -0.2) is 0 Å². The monoisotopic (exact) mass is 396 g/mol. The maximum Gasteiger partial charge on any atom is 0.229 e. The summed E-state index contributed by atoms with van der Waals surface area (Å²) in [6.07, 6.45) is 0.134. The van der Waals surface area contributed by atoms with Gasteiger partial charge in [-0.15, -0.1) is 0 Å². The predicted molar refractivity (Wildman–Crippen MR) is 102 cm³/mol. The van der Waals surface area contributed by atoms with Gasteiger partial charge in [0, 0.05) is 23.7 Å². The molecule has 25 heavy (non-hydrogen) atoms. The second-order valence-corrected chi connectivity index (χ2v) is 7.12. The van der Waals surface area contributed by atoms with Crippen LogP contribution >= 0.6 is 34.8 Å². The number of halogens is 3. The first-order valence-electron chi connectivity index (χ1n) is 7.68. The fourth-order valence-corrected chi connectivity index (χ4v) is 3.24. The van der Waals surface area contributed by atoms with Crippen molar-refractivity contribution in [1.29, 1.82) is 0 Å². The maximum absolute atomic E-state index is 12.5. The Bertz CT molecular complexity index is 854. The highest BCUT2D eigenvalue weighted by molar-refractivity contribution is 6.44. The van der Waals surface area contributed by atoms with Gasteiger partial charge in [0.1, 0.15) is 0 Å². The molecule has 1 fully saturated rings. The molecule has 1 saturated heterocycles. The van der Waals surface area contributed by atoms with E-state index in [4.69, 9.17) is 34.8 Å². The summed E-state index contributed by atoms with van der Waals surface area (Å²) in [6.45, 7) is 2.19. The number of nitrogens with one attached hydrogen (secondary N) is 1. The Labute approximate surface area is 160 Å². The van der Waals surface area contributed by atoms with E-state index >= 15 is 0 Å². The quantitative estimate of drug-likeness (QED) is 0.797. The van der Waals surface area contributed by atoms with Crippen molar-refractivity contribution < 1.29 is 9.59 Å². The van der Waals surface area contributed by atoms with Crippen molar-refractivity contribution in [3.8, 4) is 0 Å². The van der Waals surface area contributed by atoms with Crippen LogP contribution in [0.3, 0.4) is 0 Å². The van der Waals surface area contributed by atoms with Crippen LogP contribution in [0.15, 0.2) is 36.4 Å². The molecule has 3 rings (SSSR count). The smallest absolute Gasteiger partial charge is 0.229 e. The Kier molecular flexibility index (Phi) is 5.23. The van der Waals surface area contributed by atoms with E-state index < -0.39 is 5.92 Å². The molecule has 1 aliphatic rings. The largest absolute Gasteiger partial charge is 0.324 e. The summed E-state index contributed by atoms with van der Waals surface area (Å²) in [7, 11) is 0. The lowest BCUT2D eigenvalue weighted by Gasteiger charge is -2.17. The second kappa shape index (κ2) is 7.24. The molecule has 0 aromatic heterocycles. The first-order chi connectivity index (χ1) is 11.9. The molecule has 4 nitrogen and oxygen atoms in total. The Balaban J connectivity index is 1.74. The first kappa shape index (κ1) is 18.1.